The Balaban J connectivity index is 2.16. The smallest absolute Gasteiger partial charge is 0.134 e. The molecule has 0 aromatic heterocycles. The van der Waals surface area contributed by atoms with E-state index in [9.17, 15) is 5.11 Å². The number of nitrogens with one attached hydrogen (secondary N) is 1. The van der Waals surface area contributed by atoms with Gasteiger partial charge in [0, 0.05) is 27.3 Å². The summed E-state index contributed by atoms with van der Waals surface area (Å²) in [7, 11) is 0. The Morgan fingerprint density at radius 3 is 2.63 bits per heavy atom. The lowest BCUT2D eigenvalue weighted by Gasteiger charge is -2.11. The second-order valence-electron chi connectivity index (χ2n) is 4.21. The summed E-state index contributed by atoms with van der Waals surface area (Å²) in [5.41, 5.74) is 2.77. The van der Waals surface area contributed by atoms with E-state index in [1.54, 1.807) is 0 Å². The summed E-state index contributed by atoms with van der Waals surface area (Å²) >= 11 is 12.8. The number of rotatable bonds is 3. The number of phenols is 1. The molecule has 2 nitrogen and oxygen atoms in total. The van der Waals surface area contributed by atoms with Gasteiger partial charge in [-0.25, -0.2) is 0 Å². The summed E-state index contributed by atoms with van der Waals surface area (Å²) in [4.78, 5) is 0. The molecule has 0 bridgehead atoms. The van der Waals surface area contributed by atoms with Crippen LogP contribution in [0.15, 0.2) is 39.3 Å². The minimum Gasteiger partial charge on any atom is -0.506 e. The highest BCUT2D eigenvalue weighted by Gasteiger charge is 2.07. The lowest BCUT2D eigenvalue weighted by Crippen LogP contribution is -2.00. The van der Waals surface area contributed by atoms with Gasteiger partial charge in [-0.15, -0.1) is 0 Å². The van der Waals surface area contributed by atoms with E-state index in [1.807, 2.05) is 37.3 Å². The van der Waals surface area contributed by atoms with Crippen LogP contribution in [0.2, 0.25) is 5.02 Å². The maximum absolute atomic E-state index is 9.96. The molecule has 2 aromatic rings. The number of hydrogen-bond acceptors (Lipinski definition) is 2. The number of hydrogen-bond donors (Lipinski definition) is 2. The average molecular weight is 406 g/mol. The Kier molecular flexibility index (Phi) is 4.76. The molecule has 2 N–H and O–H groups in total. The van der Waals surface area contributed by atoms with Gasteiger partial charge < -0.3 is 10.4 Å². The Morgan fingerprint density at radius 1 is 1.21 bits per heavy atom. The molecule has 0 fully saturated rings. The van der Waals surface area contributed by atoms with Gasteiger partial charge in [0.2, 0.25) is 0 Å². The van der Waals surface area contributed by atoms with Gasteiger partial charge in [-0.2, -0.15) is 0 Å². The van der Waals surface area contributed by atoms with Gasteiger partial charge in [0.1, 0.15) is 5.75 Å². The van der Waals surface area contributed by atoms with E-state index in [4.69, 9.17) is 11.6 Å². The predicted molar refractivity (Wildman–Crippen MR) is 87.0 cm³/mol. The zero-order valence-corrected chi connectivity index (χ0v) is 14.1. The molecule has 0 heterocycles. The third-order valence-corrected chi connectivity index (χ3v) is 4.23. The number of aromatic hydroxyl groups is 1. The minimum atomic E-state index is 0.244. The average Bonchev–Trinajstić information content (AvgIpc) is 2.36. The van der Waals surface area contributed by atoms with Gasteiger partial charge in [0.25, 0.3) is 0 Å². The number of anilines is 1. The monoisotopic (exact) mass is 403 g/mol. The van der Waals surface area contributed by atoms with Crippen molar-refractivity contribution in [2.24, 2.45) is 0 Å². The van der Waals surface area contributed by atoms with Gasteiger partial charge in [-0.1, -0.05) is 33.6 Å². The molecule has 5 heteroatoms. The van der Waals surface area contributed by atoms with Crippen molar-refractivity contribution in [1.29, 1.82) is 0 Å². The van der Waals surface area contributed by atoms with Gasteiger partial charge >= 0.3 is 0 Å². The molecule has 0 saturated heterocycles. The zero-order valence-electron chi connectivity index (χ0n) is 10.2. The topological polar surface area (TPSA) is 32.3 Å². The van der Waals surface area contributed by atoms with E-state index in [0.29, 0.717) is 11.0 Å². The molecule has 19 heavy (non-hydrogen) atoms. The fourth-order valence-electron chi connectivity index (χ4n) is 1.65. The highest BCUT2D eigenvalue weighted by Crippen LogP contribution is 2.32. The predicted octanol–water partition coefficient (Wildman–Crippen LogP) is 5.49. The summed E-state index contributed by atoms with van der Waals surface area (Å²) in [6.45, 7) is 2.48. The van der Waals surface area contributed by atoms with E-state index in [-0.39, 0.29) is 5.75 Å². The summed E-state index contributed by atoms with van der Waals surface area (Å²) in [6, 6.07) is 9.48. The molecule has 0 spiro atoms. The van der Waals surface area contributed by atoms with E-state index < -0.39 is 0 Å². The fraction of sp³-hybridized carbons (Fsp3) is 0.143. The second-order valence-corrected chi connectivity index (χ2v) is 6.39. The summed E-state index contributed by atoms with van der Waals surface area (Å²) in [6.07, 6.45) is 0. The molecule has 0 aliphatic carbocycles. The van der Waals surface area contributed by atoms with Gasteiger partial charge in [-0.3, -0.25) is 0 Å². The van der Waals surface area contributed by atoms with Crippen molar-refractivity contribution in [2.45, 2.75) is 13.5 Å². The molecule has 0 amide bonds. The van der Waals surface area contributed by atoms with Crippen molar-refractivity contribution >= 4 is 49.1 Å². The normalized spacial score (nSPS) is 10.5. The van der Waals surface area contributed by atoms with Crippen LogP contribution in [0.3, 0.4) is 0 Å². The van der Waals surface area contributed by atoms with E-state index in [1.165, 1.54) is 0 Å². The van der Waals surface area contributed by atoms with Crippen molar-refractivity contribution < 1.29 is 5.11 Å². The summed E-state index contributed by atoms with van der Waals surface area (Å²) < 4.78 is 1.58. The van der Waals surface area contributed by atoms with Crippen molar-refractivity contribution in [3.8, 4) is 5.75 Å². The quantitative estimate of drug-likeness (QED) is 0.708. The first kappa shape index (κ1) is 14.7. The van der Waals surface area contributed by atoms with E-state index in [2.05, 4.69) is 37.2 Å². The molecule has 2 aromatic carbocycles. The fourth-order valence-corrected chi connectivity index (χ4v) is 3.15. The molecular formula is C14H12Br2ClNO. The van der Waals surface area contributed by atoms with Crippen LogP contribution in [0.1, 0.15) is 11.1 Å². The van der Waals surface area contributed by atoms with Crippen LogP contribution in [-0.2, 0) is 6.54 Å². The largest absolute Gasteiger partial charge is 0.506 e. The minimum absolute atomic E-state index is 0.244. The van der Waals surface area contributed by atoms with Crippen molar-refractivity contribution in [3.05, 3.63) is 55.4 Å². The molecule has 2 rings (SSSR count). The Morgan fingerprint density at radius 2 is 1.95 bits per heavy atom. The van der Waals surface area contributed by atoms with Gasteiger partial charge in [-0.05, 0) is 52.7 Å². The molecular weight excluding hydrogens is 393 g/mol. The first-order chi connectivity index (χ1) is 8.97. The molecule has 0 aliphatic heterocycles. The second kappa shape index (κ2) is 6.16. The first-order valence-electron chi connectivity index (χ1n) is 5.64. The highest BCUT2D eigenvalue weighted by atomic mass is 79.9. The zero-order chi connectivity index (χ0) is 14.0. The molecule has 0 atom stereocenters. The molecule has 0 radical (unpaired) electrons. The highest BCUT2D eigenvalue weighted by molar-refractivity contribution is 9.11. The molecule has 0 unspecified atom stereocenters. The number of phenolic OH excluding ortho intramolecular Hbond substituents is 1. The molecule has 100 valence electrons. The van der Waals surface area contributed by atoms with Crippen LogP contribution in [-0.4, -0.2) is 5.11 Å². The third kappa shape index (κ3) is 3.65. The van der Waals surface area contributed by atoms with E-state index >= 15 is 0 Å². The lowest BCUT2D eigenvalue weighted by atomic mass is 10.2. The summed E-state index contributed by atoms with van der Waals surface area (Å²) in [5.74, 6) is 0.244. The van der Waals surface area contributed by atoms with Crippen LogP contribution < -0.4 is 5.32 Å². The number of halogens is 3. The lowest BCUT2D eigenvalue weighted by molar-refractivity contribution is 0.465. The van der Waals surface area contributed by atoms with Crippen molar-refractivity contribution in [2.75, 3.05) is 5.32 Å². The summed E-state index contributed by atoms with van der Waals surface area (Å²) in [5, 5.41) is 13.9. The van der Waals surface area contributed by atoms with Gasteiger partial charge in [0.05, 0.1) is 4.47 Å². The Labute approximate surface area is 134 Å². The van der Waals surface area contributed by atoms with Crippen LogP contribution in [0.25, 0.3) is 0 Å². The standard InChI is InChI=1S/C14H12Br2ClNO/c1-8-2-3-11(6-13(8)17)18-7-9-4-10(15)5-12(16)14(9)19/h2-6,18-19H,7H2,1H3. The Bertz CT molecular complexity index is 617. The van der Waals surface area contributed by atoms with Crippen molar-refractivity contribution in [3.63, 3.8) is 0 Å². The van der Waals surface area contributed by atoms with Crippen LogP contribution in [0.5, 0.6) is 5.75 Å². The number of benzene rings is 2. The number of aryl methyl sites for hydroxylation is 1. The van der Waals surface area contributed by atoms with Gasteiger partial charge in [0.15, 0.2) is 0 Å². The molecule has 0 aliphatic rings. The maximum Gasteiger partial charge on any atom is 0.134 e. The molecule has 0 saturated carbocycles. The van der Waals surface area contributed by atoms with Crippen LogP contribution >= 0.6 is 43.5 Å². The maximum atomic E-state index is 9.96. The first-order valence-corrected chi connectivity index (χ1v) is 7.60. The van der Waals surface area contributed by atoms with Crippen LogP contribution in [0.4, 0.5) is 5.69 Å². The van der Waals surface area contributed by atoms with Crippen molar-refractivity contribution in [1.82, 2.24) is 0 Å². The Hall–Kier alpha value is -0.710. The third-order valence-electron chi connectivity index (χ3n) is 2.76. The van der Waals surface area contributed by atoms with Crippen LogP contribution in [0, 0.1) is 6.92 Å². The SMILES string of the molecule is Cc1ccc(NCc2cc(Br)cc(Br)c2O)cc1Cl. The van der Waals surface area contributed by atoms with E-state index in [0.717, 1.165) is 26.3 Å².